The molecule has 30 heavy (non-hydrogen) atoms. The molecule has 3 nitrogen and oxygen atoms in total. The van der Waals surface area contributed by atoms with Gasteiger partial charge in [0.05, 0.1) is 21.9 Å². The lowest BCUT2D eigenvalue weighted by atomic mass is 9.89. The molecule has 0 amide bonds. The summed E-state index contributed by atoms with van der Waals surface area (Å²) in [7, 11) is -1.83. The van der Waals surface area contributed by atoms with Crippen LogP contribution in [0.5, 0.6) is 0 Å². The summed E-state index contributed by atoms with van der Waals surface area (Å²) < 4.78 is 19.7. The summed E-state index contributed by atoms with van der Waals surface area (Å²) in [5.74, 6) is 2.26. The van der Waals surface area contributed by atoms with Crippen molar-refractivity contribution in [1.29, 1.82) is 0 Å². The average molecular weight is 475 g/mol. The Morgan fingerprint density at radius 1 is 1.10 bits per heavy atom. The molecule has 0 saturated carbocycles. The van der Waals surface area contributed by atoms with E-state index < -0.39 is 8.32 Å². The Morgan fingerprint density at radius 2 is 1.77 bits per heavy atom. The summed E-state index contributed by atoms with van der Waals surface area (Å²) in [5, 5.41) is 0.214. The second-order valence-electron chi connectivity index (χ2n) is 10.4. The van der Waals surface area contributed by atoms with E-state index >= 15 is 0 Å². The van der Waals surface area contributed by atoms with Gasteiger partial charge in [-0.1, -0.05) is 46.8 Å². The summed E-state index contributed by atoms with van der Waals surface area (Å²) in [6.07, 6.45) is 10.5. The molecule has 2 fully saturated rings. The summed E-state index contributed by atoms with van der Waals surface area (Å²) in [5.41, 5.74) is -0.253. The van der Waals surface area contributed by atoms with E-state index in [1.165, 1.54) is 6.42 Å². The van der Waals surface area contributed by atoms with Crippen molar-refractivity contribution in [3.63, 3.8) is 0 Å². The van der Waals surface area contributed by atoms with Crippen LogP contribution >= 0.6 is 23.5 Å². The van der Waals surface area contributed by atoms with Crippen molar-refractivity contribution >= 4 is 31.8 Å². The first-order valence-electron chi connectivity index (χ1n) is 11.9. The van der Waals surface area contributed by atoms with Gasteiger partial charge in [0.1, 0.15) is 0 Å². The Morgan fingerprint density at radius 3 is 2.37 bits per heavy atom. The minimum atomic E-state index is -1.83. The molecule has 0 aromatic rings. The minimum absolute atomic E-state index is 0.156. The molecule has 2 aliphatic rings. The molecular formula is C24H46O3S2Si. The predicted octanol–water partition coefficient (Wildman–Crippen LogP) is 7.27. The SMILES string of the molecule is CCSC1(SCC)CCCO[C@@H]1/C=C\C[C@]1(C)OCCC[C@H]1O[Si](C)(C)C(C)(C)C. The third-order valence-corrected chi connectivity index (χ3v) is 14.6. The molecule has 0 unspecified atom stereocenters. The maximum atomic E-state index is 6.86. The fourth-order valence-electron chi connectivity index (χ4n) is 4.14. The third kappa shape index (κ3) is 6.54. The van der Waals surface area contributed by atoms with E-state index in [0.29, 0.717) is 0 Å². The van der Waals surface area contributed by atoms with Crippen molar-refractivity contribution in [2.24, 2.45) is 0 Å². The molecule has 176 valence electrons. The first-order valence-corrected chi connectivity index (χ1v) is 16.8. The van der Waals surface area contributed by atoms with Crippen LogP contribution in [0, 0.1) is 0 Å². The predicted molar refractivity (Wildman–Crippen MR) is 137 cm³/mol. The Kier molecular flexibility index (Phi) is 9.92. The van der Waals surface area contributed by atoms with Crippen LogP contribution in [0.3, 0.4) is 0 Å². The van der Waals surface area contributed by atoms with Crippen molar-refractivity contribution < 1.29 is 13.9 Å². The molecule has 0 radical (unpaired) electrons. The highest BCUT2D eigenvalue weighted by atomic mass is 32.2. The molecule has 2 rings (SSSR count). The summed E-state index contributed by atoms with van der Waals surface area (Å²) >= 11 is 4.13. The van der Waals surface area contributed by atoms with Crippen molar-refractivity contribution in [1.82, 2.24) is 0 Å². The van der Waals surface area contributed by atoms with Gasteiger partial charge in [-0.15, -0.1) is 23.5 Å². The lowest BCUT2D eigenvalue weighted by molar-refractivity contribution is -0.135. The van der Waals surface area contributed by atoms with E-state index in [9.17, 15) is 0 Å². The summed E-state index contributed by atoms with van der Waals surface area (Å²) in [4.78, 5) is 0. The van der Waals surface area contributed by atoms with E-state index in [4.69, 9.17) is 13.9 Å². The number of ether oxygens (including phenoxy) is 2. The zero-order valence-electron chi connectivity index (χ0n) is 20.7. The highest BCUT2D eigenvalue weighted by Crippen LogP contribution is 2.48. The van der Waals surface area contributed by atoms with Crippen molar-refractivity contribution in [2.75, 3.05) is 24.7 Å². The van der Waals surface area contributed by atoms with E-state index in [1.807, 2.05) is 0 Å². The fourth-order valence-corrected chi connectivity index (χ4v) is 8.79. The lowest BCUT2D eigenvalue weighted by Crippen LogP contribution is -2.54. The maximum Gasteiger partial charge on any atom is 0.192 e. The van der Waals surface area contributed by atoms with Crippen molar-refractivity contribution in [3.05, 3.63) is 12.2 Å². The highest BCUT2D eigenvalue weighted by molar-refractivity contribution is 8.18. The van der Waals surface area contributed by atoms with Gasteiger partial charge in [0, 0.05) is 13.2 Å². The Hall–Kier alpha value is 0.537. The largest absolute Gasteiger partial charge is 0.411 e. The van der Waals surface area contributed by atoms with Crippen LogP contribution in [-0.4, -0.2) is 54.9 Å². The average Bonchev–Trinajstić information content (AvgIpc) is 2.65. The number of rotatable bonds is 9. The van der Waals surface area contributed by atoms with Crippen LogP contribution in [-0.2, 0) is 13.9 Å². The van der Waals surface area contributed by atoms with Gasteiger partial charge in [-0.25, -0.2) is 0 Å². The summed E-state index contributed by atoms with van der Waals surface area (Å²) in [6, 6.07) is 0. The third-order valence-electron chi connectivity index (χ3n) is 6.98. The van der Waals surface area contributed by atoms with Gasteiger partial charge >= 0.3 is 0 Å². The topological polar surface area (TPSA) is 27.7 Å². The van der Waals surface area contributed by atoms with Gasteiger partial charge < -0.3 is 13.9 Å². The monoisotopic (exact) mass is 474 g/mol. The zero-order chi connectivity index (χ0) is 22.5. The van der Waals surface area contributed by atoms with Crippen molar-refractivity contribution in [3.8, 4) is 0 Å². The molecular weight excluding hydrogens is 428 g/mol. The van der Waals surface area contributed by atoms with Crippen LogP contribution in [0.25, 0.3) is 0 Å². The van der Waals surface area contributed by atoms with Crippen LogP contribution in [0.2, 0.25) is 18.1 Å². The standard InChI is InChI=1S/C24H46O3S2Si/c1-9-28-24(29-10-2)17-13-18-25-21(24)14-11-16-23(6)20(15-12-19-26-23)27-30(7,8)22(3,4)5/h11,14,20-21H,9-10,12-13,15-19H2,1-8H3/b14-11-/t20-,21-,23+/m1/s1. The van der Waals surface area contributed by atoms with E-state index in [0.717, 1.165) is 50.4 Å². The molecule has 0 aliphatic carbocycles. The molecule has 0 N–H and O–H groups in total. The van der Waals surface area contributed by atoms with Gasteiger partial charge in [-0.2, -0.15) is 0 Å². The normalized spacial score (nSPS) is 30.7. The molecule has 3 atom stereocenters. The molecule has 2 saturated heterocycles. The van der Waals surface area contributed by atoms with Gasteiger partial charge in [0.2, 0.25) is 0 Å². The van der Waals surface area contributed by atoms with Gasteiger partial charge in [-0.05, 0) is 68.7 Å². The smallest absolute Gasteiger partial charge is 0.192 e. The number of thioether (sulfide) groups is 2. The molecule has 2 aliphatic heterocycles. The summed E-state index contributed by atoms with van der Waals surface area (Å²) in [6.45, 7) is 20.1. The number of hydrogen-bond donors (Lipinski definition) is 0. The van der Waals surface area contributed by atoms with Gasteiger partial charge in [-0.3, -0.25) is 0 Å². The van der Waals surface area contributed by atoms with Gasteiger partial charge in [0.15, 0.2) is 8.32 Å². The second-order valence-corrected chi connectivity index (χ2v) is 18.6. The molecule has 0 bridgehead atoms. The Bertz CT molecular complexity index is 550. The van der Waals surface area contributed by atoms with E-state index in [-0.39, 0.29) is 26.9 Å². The first kappa shape index (κ1) is 26.8. The molecule has 2 heterocycles. The molecule has 6 heteroatoms. The zero-order valence-corrected chi connectivity index (χ0v) is 23.3. The highest BCUT2D eigenvalue weighted by Gasteiger charge is 2.46. The van der Waals surface area contributed by atoms with Crippen LogP contribution in [0.1, 0.15) is 73.6 Å². The molecule has 0 spiro atoms. The lowest BCUT2D eigenvalue weighted by Gasteiger charge is -2.47. The van der Waals surface area contributed by atoms with Crippen LogP contribution < -0.4 is 0 Å². The first-order chi connectivity index (χ1) is 14.0. The molecule has 0 aromatic carbocycles. The fraction of sp³-hybridized carbons (Fsp3) is 0.917. The maximum absolute atomic E-state index is 6.86. The van der Waals surface area contributed by atoms with Gasteiger partial charge in [0.25, 0.3) is 0 Å². The van der Waals surface area contributed by atoms with Crippen molar-refractivity contribution in [2.45, 2.75) is 114 Å². The van der Waals surface area contributed by atoms with Crippen LogP contribution in [0.15, 0.2) is 12.2 Å². The Balaban J connectivity index is 2.12. The quantitative estimate of drug-likeness (QED) is 0.199. The Labute approximate surface area is 196 Å². The number of hydrogen-bond acceptors (Lipinski definition) is 5. The van der Waals surface area contributed by atoms with E-state index in [2.05, 4.69) is 90.3 Å². The molecule has 0 aromatic heterocycles. The minimum Gasteiger partial charge on any atom is -0.411 e. The van der Waals surface area contributed by atoms with E-state index in [1.54, 1.807) is 0 Å². The second kappa shape index (κ2) is 11.1. The van der Waals surface area contributed by atoms with Crippen LogP contribution in [0.4, 0.5) is 0 Å².